The fourth-order valence-electron chi connectivity index (χ4n) is 4.56. The fourth-order valence-corrected chi connectivity index (χ4v) is 4.56. The van der Waals surface area contributed by atoms with Crippen molar-refractivity contribution >= 4 is 6.03 Å². The van der Waals surface area contributed by atoms with Gasteiger partial charge in [-0.3, -0.25) is 4.68 Å². The summed E-state index contributed by atoms with van der Waals surface area (Å²) in [4.78, 5) is 14.9. The Morgan fingerprint density at radius 2 is 2.00 bits per heavy atom. The van der Waals surface area contributed by atoms with Crippen molar-refractivity contribution in [3.8, 4) is 0 Å². The number of carbonyl (C=O) groups is 1. The summed E-state index contributed by atoms with van der Waals surface area (Å²) in [7, 11) is 0. The second kappa shape index (κ2) is 4.74. The minimum Gasteiger partial charge on any atom is -0.330 e. The number of aromatic nitrogens is 2. The van der Waals surface area contributed by atoms with E-state index in [0.29, 0.717) is 6.04 Å². The second-order valence-corrected chi connectivity index (χ2v) is 7.61. The topological polar surface area (TPSA) is 50.2 Å². The first-order valence-electron chi connectivity index (χ1n) is 8.90. The zero-order valence-corrected chi connectivity index (χ0v) is 12.9. The van der Waals surface area contributed by atoms with E-state index in [1.807, 2.05) is 16.9 Å². The molecule has 2 amide bonds. The van der Waals surface area contributed by atoms with Gasteiger partial charge in [0.2, 0.25) is 0 Å². The summed E-state index contributed by atoms with van der Waals surface area (Å²) in [6.07, 6.45) is 9.42. The van der Waals surface area contributed by atoms with Crippen LogP contribution >= 0.6 is 0 Å². The van der Waals surface area contributed by atoms with Gasteiger partial charge in [0.15, 0.2) is 0 Å². The highest BCUT2D eigenvalue weighted by atomic mass is 16.2. The number of rotatable bonds is 3. The SMILES string of the molecule is O=C(NC1CCCn2nccc21)N1CC(C2CC2)C1C1CC1. The number of likely N-dealkylation sites (tertiary alicyclic amines) is 1. The van der Waals surface area contributed by atoms with Crippen molar-refractivity contribution in [1.82, 2.24) is 20.0 Å². The molecular weight excluding hydrogens is 276 g/mol. The van der Waals surface area contributed by atoms with E-state index in [9.17, 15) is 4.79 Å². The molecule has 0 aromatic carbocycles. The first-order valence-corrected chi connectivity index (χ1v) is 8.90. The Morgan fingerprint density at radius 1 is 1.18 bits per heavy atom. The molecule has 22 heavy (non-hydrogen) atoms. The Hall–Kier alpha value is -1.52. The molecule has 5 nitrogen and oxygen atoms in total. The summed E-state index contributed by atoms with van der Waals surface area (Å²) < 4.78 is 2.04. The maximum absolute atomic E-state index is 12.7. The Kier molecular flexibility index (Phi) is 2.79. The van der Waals surface area contributed by atoms with Crippen LogP contribution in [-0.2, 0) is 6.54 Å². The number of hydrogen-bond acceptors (Lipinski definition) is 2. The number of amides is 2. The Labute approximate surface area is 131 Å². The molecule has 3 fully saturated rings. The van der Waals surface area contributed by atoms with Crippen LogP contribution in [0.4, 0.5) is 4.79 Å². The van der Waals surface area contributed by atoms with Crippen LogP contribution in [0.3, 0.4) is 0 Å². The van der Waals surface area contributed by atoms with Crippen molar-refractivity contribution in [2.75, 3.05) is 6.54 Å². The number of aryl methyl sites for hydroxylation is 1. The van der Waals surface area contributed by atoms with Gasteiger partial charge in [-0.1, -0.05) is 0 Å². The monoisotopic (exact) mass is 300 g/mol. The van der Waals surface area contributed by atoms with Crippen LogP contribution in [0.2, 0.25) is 0 Å². The zero-order valence-electron chi connectivity index (χ0n) is 12.9. The van der Waals surface area contributed by atoms with Gasteiger partial charge in [-0.15, -0.1) is 0 Å². The molecule has 0 bridgehead atoms. The summed E-state index contributed by atoms with van der Waals surface area (Å²) in [5.74, 6) is 2.52. The highest BCUT2D eigenvalue weighted by molar-refractivity contribution is 5.76. The molecule has 3 atom stereocenters. The summed E-state index contributed by atoms with van der Waals surface area (Å²) in [5, 5.41) is 7.62. The van der Waals surface area contributed by atoms with E-state index in [1.165, 1.54) is 31.4 Å². The van der Waals surface area contributed by atoms with Gasteiger partial charge < -0.3 is 10.2 Å². The Morgan fingerprint density at radius 3 is 2.77 bits per heavy atom. The van der Waals surface area contributed by atoms with E-state index in [2.05, 4.69) is 15.3 Å². The van der Waals surface area contributed by atoms with Crippen LogP contribution in [0.5, 0.6) is 0 Å². The number of carbonyl (C=O) groups excluding carboxylic acids is 1. The maximum Gasteiger partial charge on any atom is 0.318 e. The number of fused-ring (bicyclic) bond motifs is 1. The van der Waals surface area contributed by atoms with E-state index in [0.717, 1.165) is 43.7 Å². The molecule has 5 rings (SSSR count). The molecule has 2 aliphatic carbocycles. The molecule has 2 aliphatic heterocycles. The predicted octanol–water partition coefficient (Wildman–Crippen LogP) is 2.55. The van der Waals surface area contributed by atoms with Gasteiger partial charge in [0.25, 0.3) is 0 Å². The van der Waals surface area contributed by atoms with Crippen LogP contribution in [-0.4, -0.2) is 33.3 Å². The Balaban J connectivity index is 1.28. The zero-order chi connectivity index (χ0) is 14.7. The van der Waals surface area contributed by atoms with Crippen LogP contribution in [0.1, 0.15) is 50.3 Å². The first kappa shape index (κ1) is 13.0. The van der Waals surface area contributed by atoms with Crippen molar-refractivity contribution in [3.05, 3.63) is 18.0 Å². The van der Waals surface area contributed by atoms with Crippen LogP contribution in [0.25, 0.3) is 0 Å². The van der Waals surface area contributed by atoms with Crippen molar-refractivity contribution in [2.45, 2.75) is 57.2 Å². The second-order valence-electron chi connectivity index (χ2n) is 7.61. The van der Waals surface area contributed by atoms with E-state index < -0.39 is 0 Å². The van der Waals surface area contributed by atoms with Gasteiger partial charge in [0.05, 0.1) is 11.7 Å². The van der Waals surface area contributed by atoms with Crippen molar-refractivity contribution in [3.63, 3.8) is 0 Å². The van der Waals surface area contributed by atoms with E-state index >= 15 is 0 Å². The number of nitrogens with one attached hydrogen (secondary N) is 1. The number of urea groups is 1. The Bertz CT molecular complexity index is 589. The molecule has 5 heteroatoms. The highest BCUT2D eigenvalue weighted by Gasteiger charge is 2.54. The smallest absolute Gasteiger partial charge is 0.318 e. The predicted molar refractivity (Wildman–Crippen MR) is 82.2 cm³/mol. The quantitative estimate of drug-likeness (QED) is 0.932. The summed E-state index contributed by atoms with van der Waals surface area (Å²) in [5.41, 5.74) is 1.17. The molecule has 2 saturated carbocycles. The van der Waals surface area contributed by atoms with E-state index in [4.69, 9.17) is 0 Å². The molecular formula is C17H24N4O. The third kappa shape index (κ3) is 2.05. The molecule has 1 N–H and O–H groups in total. The van der Waals surface area contributed by atoms with Gasteiger partial charge in [0, 0.05) is 31.2 Å². The lowest BCUT2D eigenvalue weighted by Crippen LogP contribution is -2.63. The third-order valence-electron chi connectivity index (χ3n) is 6.07. The number of nitrogens with zero attached hydrogens (tertiary/aromatic N) is 3. The first-order chi connectivity index (χ1) is 10.8. The third-order valence-corrected chi connectivity index (χ3v) is 6.07. The van der Waals surface area contributed by atoms with Gasteiger partial charge in [-0.25, -0.2) is 4.79 Å². The van der Waals surface area contributed by atoms with Gasteiger partial charge in [-0.2, -0.15) is 5.10 Å². The van der Waals surface area contributed by atoms with Crippen molar-refractivity contribution in [2.24, 2.45) is 17.8 Å². The van der Waals surface area contributed by atoms with Crippen molar-refractivity contribution < 1.29 is 4.79 Å². The van der Waals surface area contributed by atoms with Gasteiger partial charge >= 0.3 is 6.03 Å². The average Bonchev–Trinajstić information content (AvgIpc) is 3.39. The fraction of sp³-hybridized carbons (Fsp3) is 0.765. The molecule has 3 unspecified atom stereocenters. The molecule has 3 heterocycles. The molecule has 1 aromatic rings. The normalized spacial score (nSPS) is 34.0. The summed E-state index contributed by atoms with van der Waals surface area (Å²) in [6, 6.07) is 2.89. The average molecular weight is 300 g/mol. The number of hydrogen-bond donors (Lipinski definition) is 1. The van der Waals surface area contributed by atoms with Gasteiger partial charge in [0.1, 0.15) is 0 Å². The van der Waals surface area contributed by atoms with Crippen molar-refractivity contribution in [1.29, 1.82) is 0 Å². The highest BCUT2D eigenvalue weighted by Crippen LogP contribution is 2.52. The van der Waals surface area contributed by atoms with Crippen LogP contribution < -0.4 is 5.32 Å². The maximum atomic E-state index is 12.7. The van der Waals surface area contributed by atoms with Crippen LogP contribution in [0.15, 0.2) is 12.3 Å². The van der Waals surface area contributed by atoms with Gasteiger partial charge in [-0.05, 0) is 56.4 Å². The van der Waals surface area contributed by atoms with E-state index in [1.54, 1.807) is 0 Å². The molecule has 0 spiro atoms. The largest absolute Gasteiger partial charge is 0.330 e. The lowest BCUT2D eigenvalue weighted by atomic mass is 9.81. The lowest BCUT2D eigenvalue weighted by Gasteiger charge is -2.49. The molecule has 118 valence electrons. The molecule has 0 radical (unpaired) electrons. The van der Waals surface area contributed by atoms with E-state index in [-0.39, 0.29) is 12.1 Å². The molecule has 4 aliphatic rings. The molecule has 1 saturated heterocycles. The summed E-state index contributed by atoms with van der Waals surface area (Å²) in [6.45, 7) is 1.97. The van der Waals surface area contributed by atoms with Crippen LogP contribution in [0, 0.1) is 17.8 Å². The molecule has 1 aromatic heterocycles. The minimum atomic E-state index is 0.142. The standard InChI is InChI=1S/C17H24N4O/c22-17(19-14-2-1-9-21-15(14)7-8-18-21)20-10-13(11-3-4-11)16(20)12-5-6-12/h7-8,11-14,16H,1-6,9-10H2,(H,19,22). The minimum absolute atomic E-state index is 0.142. The lowest BCUT2D eigenvalue weighted by molar-refractivity contribution is 0.0214. The summed E-state index contributed by atoms with van der Waals surface area (Å²) >= 11 is 0.